The Hall–Kier alpha value is -4.38. The number of aromatic amines is 1. The molecule has 1 amide bonds. The summed E-state index contributed by atoms with van der Waals surface area (Å²) in [6.45, 7) is 0.222. The van der Waals surface area contributed by atoms with Crippen molar-refractivity contribution in [3.8, 4) is 22.6 Å². The number of hydrogen-bond acceptors (Lipinski definition) is 6. The van der Waals surface area contributed by atoms with Gasteiger partial charge in [0.05, 0.1) is 12.3 Å². The normalized spacial score (nSPS) is 10.9. The summed E-state index contributed by atoms with van der Waals surface area (Å²) in [7, 11) is 1.53. The number of aromatic nitrogens is 4. The number of amides is 1. The van der Waals surface area contributed by atoms with Gasteiger partial charge in [-0.15, -0.1) is 0 Å². The van der Waals surface area contributed by atoms with Gasteiger partial charge in [0.25, 0.3) is 11.5 Å². The number of H-pyrrole nitrogens is 1. The smallest absolute Gasteiger partial charge is 0.274 e. The summed E-state index contributed by atoms with van der Waals surface area (Å²) in [5.41, 5.74) is 7.06. The van der Waals surface area contributed by atoms with Gasteiger partial charge in [0.1, 0.15) is 23.0 Å². The van der Waals surface area contributed by atoms with Crippen LogP contribution in [0.1, 0.15) is 16.1 Å². The topological polar surface area (TPSA) is 128 Å². The number of ether oxygens (including phenoxy) is 1. The molecule has 3 heterocycles. The first kappa shape index (κ1) is 23.8. The predicted molar refractivity (Wildman–Crippen MR) is 125 cm³/mol. The molecule has 4 rings (SSSR count). The van der Waals surface area contributed by atoms with Gasteiger partial charge in [0.2, 0.25) is 0 Å². The number of halogens is 2. The number of benzene rings is 1. The van der Waals surface area contributed by atoms with E-state index in [1.54, 1.807) is 30.6 Å². The van der Waals surface area contributed by atoms with Crippen LogP contribution in [0.15, 0.2) is 59.7 Å². The average Bonchev–Trinajstić information content (AvgIpc) is 3.38. The van der Waals surface area contributed by atoms with Crippen molar-refractivity contribution in [3.63, 3.8) is 0 Å². The Balaban J connectivity index is 1.75. The summed E-state index contributed by atoms with van der Waals surface area (Å²) in [5.74, 6) is -2.50. The fourth-order valence-electron chi connectivity index (χ4n) is 3.47. The van der Waals surface area contributed by atoms with Gasteiger partial charge in [0, 0.05) is 49.8 Å². The van der Waals surface area contributed by atoms with E-state index < -0.39 is 24.1 Å². The largest absolute Gasteiger partial charge is 0.383 e. The van der Waals surface area contributed by atoms with Crippen LogP contribution < -0.4 is 16.6 Å². The lowest BCUT2D eigenvalue weighted by molar-refractivity contribution is 0.0946. The number of anilines is 1. The van der Waals surface area contributed by atoms with Gasteiger partial charge in [-0.1, -0.05) is 6.07 Å². The molecule has 0 saturated carbocycles. The number of nitrogens with two attached hydrogens (primary N) is 1. The molecule has 1 aromatic carbocycles. The Morgan fingerprint density at radius 2 is 1.89 bits per heavy atom. The van der Waals surface area contributed by atoms with Gasteiger partial charge in [-0.2, -0.15) is 0 Å². The maximum absolute atomic E-state index is 14.0. The van der Waals surface area contributed by atoms with Crippen molar-refractivity contribution >= 4 is 11.7 Å². The summed E-state index contributed by atoms with van der Waals surface area (Å²) in [6.07, 6.45) is 3.28. The van der Waals surface area contributed by atoms with E-state index in [1.165, 1.54) is 23.8 Å². The molecule has 3 aromatic heterocycles. The molecule has 0 saturated heterocycles. The monoisotopic (exact) mass is 480 g/mol. The number of rotatable bonds is 8. The van der Waals surface area contributed by atoms with Gasteiger partial charge in [-0.3, -0.25) is 9.59 Å². The van der Waals surface area contributed by atoms with Crippen LogP contribution in [-0.4, -0.2) is 39.1 Å². The number of hydrogen-bond donors (Lipinski definition) is 3. The summed E-state index contributed by atoms with van der Waals surface area (Å²) in [4.78, 5) is 37.0. The predicted octanol–water partition coefficient (Wildman–Crippen LogP) is 2.74. The Bertz CT molecular complexity index is 1400. The fraction of sp³-hybridized carbons (Fsp3) is 0.167. The highest BCUT2D eigenvalue weighted by molar-refractivity contribution is 5.97. The van der Waals surface area contributed by atoms with E-state index in [4.69, 9.17) is 10.5 Å². The van der Waals surface area contributed by atoms with Crippen LogP contribution in [0.5, 0.6) is 0 Å². The number of nitrogens with zero attached hydrogens (tertiary/aromatic N) is 3. The molecular weight excluding hydrogens is 458 g/mol. The second-order valence-corrected chi connectivity index (χ2v) is 7.56. The average molecular weight is 480 g/mol. The summed E-state index contributed by atoms with van der Waals surface area (Å²) in [6, 6.07) is 9.89. The first-order valence-electron chi connectivity index (χ1n) is 10.6. The first-order chi connectivity index (χ1) is 16.9. The summed E-state index contributed by atoms with van der Waals surface area (Å²) in [5, 5.41) is 2.44. The number of carbonyl (C=O) groups excluding carboxylic acids is 1. The van der Waals surface area contributed by atoms with Crippen LogP contribution in [0.4, 0.5) is 14.6 Å². The summed E-state index contributed by atoms with van der Waals surface area (Å²) < 4.78 is 34.4. The van der Waals surface area contributed by atoms with Crippen LogP contribution in [0.3, 0.4) is 0 Å². The standard InChI is InChI=1S/C24H22F2N6O3/c1-35-11-10-32-13-14(7-8-19(32)33)20-21(18-6-3-9-28-18)31-23(27)22(30-20)24(34)29-12-15-16(25)4-2-5-17(15)26/h2-9,13,28H,10-12H2,1H3,(H2,27,31)(H,29,34). The van der Waals surface area contributed by atoms with E-state index in [9.17, 15) is 18.4 Å². The molecule has 11 heteroatoms. The Kier molecular flexibility index (Phi) is 6.97. The molecule has 0 unspecified atom stereocenters. The lowest BCUT2D eigenvalue weighted by Crippen LogP contribution is -2.27. The molecule has 0 spiro atoms. The van der Waals surface area contributed by atoms with E-state index in [0.29, 0.717) is 30.1 Å². The van der Waals surface area contributed by atoms with Gasteiger partial charge in [0.15, 0.2) is 11.5 Å². The zero-order valence-electron chi connectivity index (χ0n) is 18.7. The van der Waals surface area contributed by atoms with Crippen LogP contribution in [0.25, 0.3) is 22.6 Å². The van der Waals surface area contributed by atoms with Crippen molar-refractivity contribution in [2.75, 3.05) is 19.5 Å². The zero-order valence-corrected chi connectivity index (χ0v) is 18.7. The molecule has 4 aromatic rings. The molecule has 0 aliphatic heterocycles. The molecule has 9 nitrogen and oxygen atoms in total. The molecule has 0 atom stereocenters. The number of nitrogen functional groups attached to an aromatic ring is 1. The van der Waals surface area contributed by atoms with Crippen LogP contribution in [0, 0.1) is 11.6 Å². The highest BCUT2D eigenvalue weighted by Gasteiger charge is 2.21. The van der Waals surface area contributed by atoms with Crippen molar-refractivity contribution in [3.05, 3.63) is 88.1 Å². The summed E-state index contributed by atoms with van der Waals surface area (Å²) >= 11 is 0. The van der Waals surface area contributed by atoms with Gasteiger partial charge in [-0.25, -0.2) is 18.7 Å². The van der Waals surface area contributed by atoms with E-state index >= 15 is 0 Å². The van der Waals surface area contributed by atoms with Crippen molar-refractivity contribution < 1.29 is 18.3 Å². The molecule has 0 bridgehead atoms. The molecule has 4 N–H and O–H groups in total. The van der Waals surface area contributed by atoms with E-state index in [2.05, 4.69) is 20.3 Å². The maximum Gasteiger partial charge on any atom is 0.274 e. The SMILES string of the molecule is COCCn1cc(-c2nc(C(=O)NCc3c(F)cccc3F)c(N)nc2-c2ccc[nH]2)ccc1=O. The van der Waals surface area contributed by atoms with Gasteiger partial charge >= 0.3 is 0 Å². The maximum atomic E-state index is 14.0. The fourth-order valence-corrected chi connectivity index (χ4v) is 3.47. The van der Waals surface area contributed by atoms with Gasteiger partial charge in [-0.05, 0) is 30.3 Å². The third kappa shape index (κ3) is 5.09. The number of methoxy groups -OCH3 is 1. The van der Waals surface area contributed by atoms with Crippen molar-refractivity contribution in [2.45, 2.75) is 13.1 Å². The number of carbonyl (C=O) groups is 1. The lowest BCUT2D eigenvalue weighted by Gasteiger charge is -2.14. The third-order valence-electron chi connectivity index (χ3n) is 5.27. The molecule has 180 valence electrons. The minimum Gasteiger partial charge on any atom is -0.383 e. The number of pyridine rings is 1. The van der Waals surface area contributed by atoms with Gasteiger partial charge < -0.3 is 25.3 Å². The Morgan fingerprint density at radius 1 is 1.11 bits per heavy atom. The number of nitrogens with one attached hydrogen (secondary N) is 2. The first-order valence-corrected chi connectivity index (χ1v) is 10.6. The van der Waals surface area contributed by atoms with Crippen LogP contribution >= 0.6 is 0 Å². The Morgan fingerprint density at radius 3 is 2.57 bits per heavy atom. The zero-order chi connectivity index (χ0) is 24.9. The highest BCUT2D eigenvalue weighted by Crippen LogP contribution is 2.29. The molecular formula is C24H22F2N6O3. The Labute approximate surface area is 198 Å². The van der Waals surface area contributed by atoms with E-state index in [1.807, 2.05) is 0 Å². The van der Waals surface area contributed by atoms with E-state index in [0.717, 1.165) is 12.1 Å². The highest BCUT2D eigenvalue weighted by atomic mass is 19.1. The van der Waals surface area contributed by atoms with E-state index in [-0.39, 0.29) is 28.3 Å². The lowest BCUT2D eigenvalue weighted by atomic mass is 10.1. The molecule has 0 radical (unpaired) electrons. The minimum atomic E-state index is -0.787. The molecule has 0 aliphatic carbocycles. The second kappa shape index (κ2) is 10.3. The van der Waals surface area contributed by atoms with Crippen molar-refractivity contribution in [2.24, 2.45) is 0 Å². The van der Waals surface area contributed by atoms with Crippen LogP contribution in [-0.2, 0) is 17.8 Å². The van der Waals surface area contributed by atoms with Crippen molar-refractivity contribution in [1.82, 2.24) is 24.8 Å². The minimum absolute atomic E-state index is 0.169. The molecule has 0 fully saturated rings. The third-order valence-corrected chi connectivity index (χ3v) is 5.27. The van der Waals surface area contributed by atoms with Crippen molar-refractivity contribution in [1.29, 1.82) is 0 Å². The molecule has 0 aliphatic rings. The quantitative estimate of drug-likeness (QED) is 0.356. The second-order valence-electron chi connectivity index (χ2n) is 7.56. The van der Waals surface area contributed by atoms with Crippen LogP contribution in [0.2, 0.25) is 0 Å². The molecule has 35 heavy (non-hydrogen) atoms.